The summed E-state index contributed by atoms with van der Waals surface area (Å²) in [6, 6.07) is 12.9. The topological polar surface area (TPSA) is 67.9 Å². The van der Waals surface area contributed by atoms with Crippen LogP contribution in [0, 0.1) is 0 Å². The van der Waals surface area contributed by atoms with Gasteiger partial charge < -0.3 is 19.7 Å². The van der Waals surface area contributed by atoms with E-state index in [1.165, 1.54) is 4.90 Å². The third kappa shape index (κ3) is 3.67. The van der Waals surface area contributed by atoms with E-state index in [1.807, 2.05) is 18.2 Å². The van der Waals surface area contributed by atoms with Gasteiger partial charge >= 0.3 is 0 Å². The number of anilines is 1. The van der Waals surface area contributed by atoms with Gasteiger partial charge in [-0.25, -0.2) is 0 Å². The molecular weight excluding hydrogens is 368 g/mol. The molecule has 1 heterocycles. The van der Waals surface area contributed by atoms with Crippen LogP contribution in [0.15, 0.2) is 42.5 Å². The van der Waals surface area contributed by atoms with Crippen molar-refractivity contribution in [3.05, 3.63) is 53.6 Å². The zero-order valence-corrected chi connectivity index (χ0v) is 16.9. The maximum absolute atomic E-state index is 13.4. The van der Waals surface area contributed by atoms with Gasteiger partial charge in [-0.3, -0.25) is 9.59 Å². The number of nitrogens with zero attached hydrogens (tertiary/aromatic N) is 1. The van der Waals surface area contributed by atoms with Crippen LogP contribution >= 0.6 is 0 Å². The maximum atomic E-state index is 13.4. The van der Waals surface area contributed by atoms with E-state index < -0.39 is 5.41 Å². The molecule has 0 saturated heterocycles. The number of amides is 2. The Labute approximate surface area is 170 Å². The zero-order valence-electron chi connectivity index (χ0n) is 16.9. The summed E-state index contributed by atoms with van der Waals surface area (Å²) in [7, 11) is 3.43. The van der Waals surface area contributed by atoms with E-state index in [0.29, 0.717) is 30.2 Å². The molecule has 2 aliphatic rings. The number of rotatable bonds is 4. The molecule has 1 N–H and O–H groups in total. The van der Waals surface area contributed by atoms with Crippen LogP contribution in [0.4, 0.5) is 5.69 Å². The van der Waals surface area contributed by atoms with Crippen LogP contribution in [0.2, 0.25) is 0 Å². The molecule has 2 aromatic carbocycles. The minimum absolute atomic E-state index is 0.0154. The lowest BCUT2D eigenvalue weighted by molar-refractivity contribution is -0.121. The zero-order chi connectivity index (χ0) is 20.4. The number of hydrogen-bond acceptors (Lipinski definition) is 4. The first kappa shape index (κ1) is 19.3. The van der Waals surface area contributed by atoms with Crippen molar-refractivity contribution >= 4 is 17.5 Å². The molecule has 0 unspecified atom stereocenters. The number of ether oxygens (including phenoxy) is 2. The first-order valence-corrected chi connectivity index (χ1v) is 10.0. The minimum Gasteiger partial charge on any atom is -0.486 e. The van der Waals surface area contributed by atoms with Crippen LogP contribution in [0.5, 0.6) is 11.5 Å². The van der Waals surface area contributed by atoms with Crippen LogP contribution in [0.1, 0.15) is 41.6 Å². The summed E-state index contributed by atoms with van der Waals surface area (Å²) >= 11 is 0. The van der Waals surface area contributed by atoms with E-state index in [0.717, 1.165) is 37.0 Å². The van der Waals surface area contributed by atoms with Crippen LogP contribution in [0.3, 0.4) is 0 Å². The fraction of sp³-hybridized carbons (Fsp3) is 0.391. The molecule has 1 fully saturated rings. The van der Waals surface area contributed by atoms with Crippen LogP contribution < -0.4 is 14.8 Å². The Morgan fingerprint density at radius 2 is 1.59 bits per heavy atom. The molecule has 0 spiro atoms. The molecule has 6 heteroatoms. The van der Waals surface area contributed by atoms with E-state index in [2.05, 4.69) is 5.32 Å². The molecule has 0 atom stereocenters. The van der Waals surface area contributed by atoms with Gasteiger partial charge in [0.15, 0.2) is 11.5 Å². The summed E-state index contributed by atoms with van der Waals surface area (Å²) in [5, 5.41) is 3.06. The monoisotopic (exact) mass is 394 g/mol. The van der Waals surface area contributed by atoms with Gasteiger partial charge in [-0.1, -0.05) is 18.9 Å². The van der Waals surface area contributed by atoms with Crippen molar-refractivity contribution in [3.63, 3.8) is 0 Å². The second-order valence-electron chi connectivity index (χ2n) is 7.88. The van der Waals surface area contributed by atoms with Crippen LogP contribution in [0.25, 0.3) is 0 Å². The number of benzene rings is 2. The first-order valence-electron chi connectivity index (χ1n) is 10.0. The summed E-state index contributed by atoms with van der Waals surface area (Å²) in [5.74, 6) is 1.36. The Morgan fingerprint density at radius 1 is 0.931 bits per heavy atom. The van der Waals surface area contributed by atoms with Crippen molar-refractivity contribution in [2.75, 3.05) is 32.6 Å². The average Bonchev–Trinajstić information content (AvgIpc) is 3.24. The Balaban J connectivity index is 1.57. The normalized spacial score (nSPS) is 16.9. The largest absolute Gasteiger partial charge is 0.486 e. The molecule has 0 radical (unpaired) electrons. The lowest BCUT2D eigenvalue weighted by atomic mass is 9.77. The second kappa shape index (κ2) is 7.78. The number of hydrogen-bond donors (Lipinski definition) is 1. The smallest absolute Gasteiger partial charge is 0.253 e. The van der Waals surface area contributed by atoms with Crippen molar-refractivity contribution in [2.45, 2.75) is 31.1 Å². The summed E-state index contributed by atoms with van der Waals surface area (Å²) in [6.45, 7) is 1.07. The molecular formula is C23H26N2O4. The predicted molar refractivity (Wildman–Crippen MR) is 111 cm³/mol. The van der Waals surface area contributed by atoms with Crippen molar-refractivity contribution in [1.29, 1.82) is 0 Å². The third-order valence-corrected chi connectivity index (χ3v) is 5.78. The van der Waals surface area contributed by atoms with E-state index in [1.54, 1.807) is 38.4 Å². The molecule has 2 amide bonds. The molecule has 0 bridgehead atoms. The van der Waals surface area contributed by atoms with Gasteiger partial charge in [-0.15, -0.1) is 0 Å². The van der Waals surface area contributed by atoms with Gasteiger partial charge in [0.05, 0.1) is 5.41 Å². The fourth-order valence-corrected chi connectivity index (χ4v) is 4.17. The fourth-order valence-electron chi connectivity index (χ4n) is 4.17. The highest BCUT2D eigenvalue weighted by atomic mass is 16.6. The van der Waals surface area contributed by atoms with Gasteiger partial charge in [-0.05, 0) is 54.8 Å². The quantitative estimate of drug-likeness (QED) is 0.860. The van der Waals surface area contributed by atoms with Crippen molar-refractivity contribution in [2.24, 2.45) is 0 Å². The molecule has 6 nitrogen and oxygen atoms in total. The molecule has 29 heavy (non-hydrogen) atoms. The Morgan fingerprint density at radius 3 is 2.24 bits per heavy atom. The van der Waals surface area contributed by atoms with E-state index in [-0.39, 0.29) is 11.8 Å². The van der Waals surface area contributed by atoms with E-state index in [4.69, 9.17) is 9.47 Å². The Kier molecular flexibility index (Phi) is 5.18. The molecule has 0 aromatic heterocycles. The maximum Gasteiger partial charge on any atom is 0.253 e. The van der Waals surface area contributed by atoms with Crippen LogP contribution in [-0.4, -0.2) is 44.0 Å². The summed E-state index contributed by atoms with van der Waals surface area (Å²) in [6.07, 6.45) is 3.63. The third-order valence-electron chi connectivity index (χ3n) is 5.78. The van der Waals surface area contributed by atoms with Crippen molar-refractivity contribution in [1.82, 2.24) is 4.90 Å². The average molecular weight is 394 g/mol. The number of fused-ring (bicyclic) bond motifs is 1. The number of carbonyl (C=O) groups is 2. The van der Waals surface area contributed by atoms with Crippen LogP contribution in [-0.2, 0) is 10.2 Å². The standard InChI is InChI=1S/C23H26N2O4/c1-25(2)21(26)16-5-8-18(9-6-16)24-22(27)23(11-3-4-12-23)17-7-10-19-20(15-17)29-14-13-28-19/h5-10,15H,3-4,11-14H2,1-2H3,(H,24,27). The molecule has 4 rings (SSSR count). The lowest BCUT2D eigenvalue weighted by Crippen LogP contribution is -2.38. The second-order valence-corrected chi connectivity index (χ2v) is 7.88. The Bertz CT molecular complexity index is 915. The van der Waals surface area contributed by atoms with Gasteiger partial charge in [0.1, 0.15) is 13.2 Å². The van der Waals surface area contributed by atoms with Crippen molar-refractivity contribution in [3.8, 4) is 11.5 Å². The molecule has 1 saturated carbocycles. The number of carbonyl (C=O) groups excluding carboxylic acids is 2. The minimum atomic E-state index is -0.575. The van der Waals surface area contributed by atoms with Gasteiger partial charge in [-0.2, -0.15) is 0 Å². The van der Waals surface area contributed by atoms with E-state index >= 15 is 0 Å². The molecule has 1 aliphatic heterocycles. The summed E-state index contributed by atoms with van der Waals surface area (Å²) < 4.78 is 11.3. The molecule has 2 aromatic rings. The van der Waals surface area contributed by atoms with Gasteiger partial charge in [0, 0.05) is 25.3 Å². The molecule has 152 valence electrons. The summed E-state index contributed by atoms with van der Waals surface area (Å²) in [5.41, 5.74) is 1.68. The molecule has 1 aliphatic carbocycles. The number of nitrogens with one attached hydrogen (secondary N) is 1. The van der Waals surface area contributed by atoms with E-state index in [9.17, 15) is 9.59 Å². The Hall–Kier alpha value is -3.02. The highest BCUT2D eigenvalue weighted by Gasteiger charge is 2.43. The highest BCUT2D eigenvalue weighted by molar-refractivity contribution is 6.00. The predicted octanol–water partition coefficient (Wildman–Crippen LogP) is 3.61. The van der Waals surface area contributed by atoms with Gasteiger partial charge in [0.25, 0.3) is 5.91 Å². The SMILES string of the molecule is CN(C)C(=O)c1ccc(NC(=O)C2(c3ccc4c(c3)OCCO4)CCCC2)cc1. The van der Waals surface area contributed by atoms with Gasteiger partial charge in [0.2, 0.25) is 5.91 Å². The van der Waals surface area contributed by atoms with Crippen molar-refractivity contribution < 1.29 is 19.1 Å². The first-order chi connectivity index (χ1) is 14.0. The summed E-state index contributed by atoms with van der Waals surface area (Å²) in [4.78, 5) is 27.0. The lowest BCUT2D eigenvalue weighted by Gasteiger charge is -2.30. The highest BCUT2D eigenvalue weighted by Crippen LogP contribution is 2.45.